The predicted molar refractivity (Wildman–Crippen MR) is 66.5 cm³/mol. The summed E-state index contributed by atoms with van der Waals surface area (Å²) in [7, 11) is 0. The van der Waals surface area contributed by atoms with E-state index in [0.29, 0.717) is 11.6 Å². The van der Waals surface area contributed by atoms with Gasteiger partial charge in [-0.1, -0.05) is 23.7 Å². The van der Waals surface area contributed by atoms with Crippen LogP contribution in [0.4, 0.5) is 0 Å². The molecule has 0 aliphatic rings. The molecule has 0 saturated carbocycles. The smallest absolute Gasteiger partial charge is 0.137 e. The second kappa shape index (κ2) is 4.68. The summed E-state index contributed by atoms with van der Waals surface area (Å²) < 4.78 is 0. The van der Waals surface area contributed by atoms with E-state index < -0.39 is 0 Å². The van der Waals surface area contributed by atoms with Crippen molar-refractivity contribution in [1.82, 2.24) is 9.97 Å². The highest BCUT2D eigenvalue weighted by molar-refractivity contribution is 6.30. The van der Waals surface area contributed by atoms with E-state index in [1.807, 2.05) is 31.2 Å². The molecule has 3 N–H and O–H groups in total. The summed E-state index contributed by atoms with van der Waals surface area (Å²) in [6.07, 6.45) is 0.795. The van der Waals surface area contributed by atoms with Crippen molar-refractivity contribution in [1.29, 1.82) is 0 Å². The Kier molecular flexibility index (Phi) is 3.27. The normalized spacial score (nSPS) is 10.7. The van der Waals surface area contributed by atoms with E-state index in [-0.39, 0.29) is 0 Å². The monoisotopic (exact) mass is 235 g/mol. The van der Waals surface area contributed by atoms with Gasteiger partial charge in [-0.25, -0.2) is 4.98 Å². The van der Waals surface area contributed by atoms with Crippen LogP contribution in [0, 0.1) is 6.92 Å². The fourth-order valence-electron chi connectivity index (χ4n) is 1.65. The van der Waals surface area contributed by atoms with Gasteiger partial charge in [-0.3, -0.25) is 0 Å². The molecule has 0 aliphatic heterocycles. The van der Waals surface area contributed by atoms with Gasteiger partial charge >= 0.3 is 0 Å². The third kappa shape index (κ3) is 2.26. The zero-order valence-corrected chi connectivity index (χ0v) is 9.88. The summed E-state index contributed by atoms with van der Waals surface area (Å²) in [5.41, 5.74) is 8.62. The first-order valence-corrected chi connectivity index (χ1v) is 5.60. The van der Waals surface area contributed by atoms with Gasteiger partial charge in [-0.2, -0.15) is 0 Å². The number of aryl methyl sites for hydroxylation is 1. The van der Waals surface area contributed by atoms with E-state index in [2.05, 4.69) is 9.97 Å². The number of aromatic amines is 1. The van der Waals surface area contributed by atoms with Crippen LogP contribution in [0.5, 0.6) is 0 Å². The first kappa shape index (κ1) is 11.2. The average molecular weight is 236 g/mol. The van der Waals surface area contributed by atoms with Gasteiger partial charge in [0.2, 0.25) is 0 Å². The second-order valence-electron chi connectivity index (χ2n) is 3.71. The molecule has 0 amide bonds. The highest BCUT2D eigenvalue weighted by Gasteiger charge is 2.07. The summed E-state index contributed by atoms with van der Waals surface area (Å²) >= 11 is 5.94. The molecule has 1 aromatic carbocycles. The standard InChI is InChI=1S/C12H14ClN3/c1-8-11(5-6-14)16-12(15-8)9-3-2-4-10(13)7-9/h2-4,7H,5-6,14H2,1H3,(H,15,16). The maximum atomic E-state index is 5.94. The van der Waals surface area contributed by atoms with E-state index in [1.54, 1.807) is 0 Å². The number of aromatic nitrogens is 2. The number of hydrogen-bond donors (Lipinski definition) is 2. The van der Waals surface area contributed by atoms with Crippen molar-refractivity contribution >= 4 is 11.6 Å². The van der Waals surface area contributed by atoms with E-state index in [0.717, 1.165) is 29.2 Å². The van der Waals surface area contributed by atoms with Crippen molar-refractivity contribution in [2.24, 2.45) is 5.73 Å². The Morgan fingerprint density at radius 1 is 1.44 bits per heavy atom. The molecular weight excluding hydrogens is 222 g/mol. The molecule has 0 aliphatic carbocycles. The zero-order chi connectivity index (χ0) is 11.5. The SMILES string of the molecule is Cc1[nH]c(-c2cccc(Cl)c2)nc1CCN. The van der Waals surface area contributed by atoms with Crippen LogP contribution in [0.15, 0.2) is 24.3 Å². The van der Waals surface area contributed by atoms with Crippen LogP contribution >= 0.6 is 11.6 Å². The maximum Gasteiger partial charge on any atom is 0.137 e. The number of benzene rings is 1. The third-order valence-electron chi connectivity index (χ3n) is 2.46. The number of rotatable bonds is 3. The summed E-state index contributed by atoms with van der Waals surface area (Å²) in [6.45, 7) is 2.62. The van der Waals surface area contributed by atoms with Crippen LogP contribution < -0.4 is 5.73 Å². The molecule has 1 aromatic heterocycles. The molecule has 16 heavy (non-hydrogen) atoms. The Hall–Kier alpha value is -1.32. The topological polar surface area (TPSA) is 54.7 Å². The third-order valence-corrected chi connectivity index (χ3v) is 2.70. The number of hydrogen-bond acceptors (Lipinski definition) is 2. The lowest BCUT2D eigenvalue weighted by atomic mass is 10.2. The Bertz CT molecular complexity index is 491. The Labute approximate surface area is 99.7 Å². The lowest BCUT2D eigenvalue weighted by Crippen LogP contribution is -2.03. The summed E-state index contributed by atoms with van der Waals surface area (Å²) in [4.78, 5) is 7.76. The molecule has 0 saturated heterocycles. The minimum absolute atomic E-state index is 0.612. The summed E-state index contributed by atoms with van der Waals surface area (Å²) in [5, 5.41) is 0.715. The Morgan fingerprint density at radius 3 is 2.94 bits per heavy atom. The second-order valence-corrected chi connectivity index (χ2v) is 4.14. The van der Waals surface area contributed by atoms with Crippen LogP contribution in [-0.4, -0.2) is 16.5 Å². The highest BCUT2D eigenvalue weighted by atomic mass is 35.5. The van der Waals surface area contributed by atoms with Crippen molar-refractivity contribution in [2.45, 2.75) is 13.3 Å². The van der Waals surface area contributed by atoms with Crippen molar-refractivity contribution < 1.29 is 0 Å². The molecule has 0 spiro atoms. The first-order chi connectivity index (χ1) is 7.70. The molecule has 0 bridgehead atoms. The summed E-state index contributed by atoms with van der Waals surface area (Å²) in [5.74, 6) is 0.850. The van der Waals surface area contributed by atoms with Gasteiger partial charge in [0.15, 0.2) is 0 Å². The molecule has 0 fully saturated rings. The fourth-order valence-corrected chi connectivity index (χ4v) is 1.84. The molecule has 4 heteroatoms. The predicted octanol–water partition coefficient (Wildman–Crippen LogP) is 2.54. The minimum Gasteiger partial charge on any atom is -0.342 e. The Balaban J connectivity index is 2.37. The van der Waals surface area contributed by atoms with Crippen LogP contribution in [0.3, 0.4) is 0 Å². The molecule has 0 atom stereocenters. The Morgan fingerprint density at radius 2 is 2.25 bits per heavy atom. The van der Waals surface area contributed by atoms with Crippen molar-refractivity contribution in [3.8, 4) is 11.4 Å². The van der Waals surface area contributed by atoms with Crippen molar-refractivity contribution in [3.63, 3.8) is 0 Å². The largest absolute Gasteiger partial charge is 0.342 e. The van der Waals surface area contributed by atoms with Gasteiger partial charge in [0.25, 0.3) is 0 Å². The zero-order valence-electron chi connectivity index (χ0n) is 9.13. The number of halogens is 1. The summed E-state index contributed by atoms with van der Waals surface area (Å²) in [6, 6.07) is 7.64. The molecule has 3 nitrogen and oxygen atoms in total. The number of imidazole rings is 1. The maximum absolute atomic E-state index is 5.94. The average Bonchev–Trinajstić information content (AvgIpc) is 2.61. The van der Waals surface area contributed by atoms with Gasteiger partial charge in [0, 0.05) is 22.7 Å². The van der Waals surface area contributed by atoms with Crippen molar-refractivity contribution in [2.75, 3.05) is 6.54 Å². The van der Waals surface area contributed by atoms with Gasteiger partial charge in [0.1, 0.15) is 5.82 Å². The van der Waals surface area contributed by atoms with Crippen LogP contribution in [-0.2, 0) is 6.42 Å². The van der Waals surface area contributed by atoms with Crippen LogP contribution in [0.2, 0.25) is 5.02 Å². The molecule has 0 radical (unpaired) electrons. The van der Waals surface area contributed by atoms with Crippen LogP contribution in [0.25, 0.3) is 11.4 Å². The first-order valence-electron chi connectivity index (χ1n) is 5.22. The number of nitrogens with two attached hydrogens (primary N) is 1. The van der Waals surface area contributed by atoms with Gasteiger partial charge in [0.05, 0.1) is 5.69 Å². The van der Waals surface area contributed by atoms with Crippen LogP contribution in [0.1, 0.15) is 11.4 Å². The quantitative estimate of drug-likeness (QED) is 0.859. The molecular formula is C12H14ClN3. The van der Waals surface area contributed by atoms with E-state index in [9.17, 15) is 0 Å². The number of nitrogens with zero attached hydrogens (tertiary/aromatic N) is 1. The number of H-pyrrole nitrogens is 1. The molecule has 84 valence electrons. The van der Waals surface area contributed by atoms with E-state index in [4.69, 9.17) is 17.3 Å². The lowest BCUT2D eigenvalue weighted by molar-refractivity contribution is 0.924. The number of nitrogens with one attached hydrogen (secondary N) is 1. The van der Waals surface area contributed by atoms with E-state index >= 15 is 0 Å². The fraction of sp³-hybridized carbons (Fsp3) is 0.250. The lowest BCUT2D eigenvalue weighted by Gasteiger charge is -1.96. The van der Waals surface area contributed by atoms with E-state index in [1.165, 1.54) is 0 Å². The molecule has 0 unspecified atom stereocenters. The van der Waals surface area contributed by atoms with Gasteiger partial charge < -0.3 is 10.7 Å². The van der Waals surface area contributed by atoms with Crippen molar-refractivity contribution in [3.05, 3.63) is 40.7 Å². The molecule has 1 heterocycles. The van der Waals surface area contributed by atoms with Gasteiger partial charge in [-0.15, -0.1) is 0 Å². The minimum atomic E-state index is 0.612. The highest BCUT2D eigenvalue weighted by Crippen LogP contribution is 2.21. The molecule has 2 rings (SSSR count). The molecule has 2 aromatic rings. The van der Waals surface area contributed by atoms with Gasteiger partial charge in [-0.05, 0) is 25.6 Å².